The Labute approximate surface area is 149 Å². The number of ether oxygens (including phenoxy) is 2. The Kier molecular flexibility index (Phi) is 5.73. The maximum atomic E-state index is 9.19. The van der Waals surface area contributed by atoms with Crippen molar-refractivity contribution in [3.63, 3.8) is 0 Å². The number of benzene rings is 1. The summed E-state index contributed by atoms with van der Waals surface area (Å²) < 4.78 is 11.1. The molecule has 0 spiro atoms. The fraction of sp³-hybridized carbons (Fsp3) is 0.375. The predicted octanol–water partition coefficient (Wildman–Crippen LogP) is 2.56. The molecule has 2 heterocycles. The van der Waals surface area contributed by atoms with E-state index in [-0.39, 0.29) is 19.3 Å². The van der Waals surface area contributed by atoms with Gasteiger partial charge in [-0.1, -0.05) is 29.3 Å². The Bertz CT molecular complexity index is 665. The van der Waals surface area contributed by atoms with Crippen LogP contribution in [-0.4, -0.2) is 47.5 Å². The van der Waals surface area contributed by atoms with E-state index in [1.54, 1.807) is 30.6 Å². The minimum absolute atomic E-state index is 0.0176. The summed E-state index contributed by atoms with van der Waals surface area (Å²) in [6.07, 6.45) is 3.01. The van der Waals surface area contributed by atoms with Crippen LogP contribution in [0.25, 0.3) is 0 Å². The number of anilines is 1. The van der Waals surface area contributed by atoms with Crippen LogP contribution >= 0.6 is 23.2 Å². The fourth-order valence-electron chi connectivity index (χ4n) is 2.38. The van der Waals surface area contributed by atoms with Crippen LogP contribution in [0.5, 0.6) is 5.75 Å². The number of aromatic nitrogens is 2. The maximum Gasteiger partial charge on any atom is 0.225 e. The molecule has 1 fully saturated rings. The lowest BCUT2D eigenvalue weighted by molar-refractivity contribution is 0.00313. The van der Waals surface area contributed by atoms with Gasteiger partial charge in [0.1, 0.15) is 6.61 Å². The highest BCUT2D eigenvalue weighted by Gasteiger charge is 2.21. The van der Waals surface area contributed by atoms with E-state index in [0.29, 0.717) is 41.4 Å². The molecular weight excluding hydrogens is 353 g/mol. The lowest BCUT2D eigenvalue weighted by atomic mass is 10.2. The molecule has 1 aromatic heterocycles. The molecule has 24 heavy (non-hydrogen) atoms. The molecule has 1 saturated heterocycles. The highest BCUT2D eigenvalue weighted by molar-refractivity contribution is 6.35. The highest BCUT2D eigenvalue weighted by atomic mass is 35.5. The third kappa shape index (κ3) is 4.08. The van der Waals surface area contributed by atoms with Crippen LogP contribution in [0.4, 0.5) is 5.95 Å². The largest absolute Gasteiger partial charge is 0.486 e. The summed E-state index contributed by atoms with van der Waals surface area (Å²) in [5.41, 5.74) is 0.726. The zero-order valence-corrected chi connectivity index (χ0v) is 14.4. The van der Waals surface area contributed by atoms with Crippen LogP contribution in [0.15, 0.2) is 30.6 Å². The number of hydrogen-bond donors (Lipinski definition) is 1. The van der Waals surface area contributed by atoms with E-state index < -0.39 is 0 Å². The highest BCUT2D eigenvalue weighted by Crippen LogP contribution is 2.25. The molecule has 1 aliphatic rings. The minimum Gasteiger partial charge on any atom is -0.486 e. The Morgan fingerprint density at radius 3 is 2.62 bits per heavy atom. The quantitative estimate of drug-likeness (QED) is 0.873. The summed E-state index contributed by atoms with van der Waals surface area (Å²) in [5, 5.41) is 10.3. The SMILES string of the molecule is OC[C@H]1CN(c2ncc(OCc3c(Cl)cccc3Cl)cn2)CCO1. The summed E-state index contributed by atoms with van der Waals surface area (Å²) in [6, 6.07) is 5.32. The first-order chi connectivity index (χ1) is 11.7. The Morgan fingerprint density at radius 1 is 1.25 bits per heavy atom. The first kappa shape index (κ1) is 17.2. The van der Waals surface area contributed by atoms with Crippen LogP contribution in [0, 0.1) is 0 Å². The van der Waals surface area contributed by atoms with Gasteiger partial charge in [-0.25, -0.2) is 9.97 Å². The van der Waals surface area contributed by atoms with E-state index >= 15 is 0 Å². The van der Waals surface area contributed by atoms with Gasteiger partial charge in [-0.3, -0.25) is 0 Å². The van der Waals surface area contributed by atoms with E-state index in [0.717, 1.165) is 5.56 Å². The monoisotopic (exact) mass is 369 g/mol. The first-order valence-electron chi connectivity index (χ1n) is 7.52. The third-order valence-electron chi connectivity index (χ3n) is 3.68. The number of aliphatic hydroxyl groups is 1. The molecule has 0 amide bonds. The average Bonchev–Trinajstić information content (AvgIpc) is 2.62. The number of aliphatic hydroxyl groups excluding tert-OH is 1. The van der Waals surface area contributed by atoms with Crippen molar-refractivity contribution in [2.75, 3.05) is 31.2 Å². The van der Waals surface area contributed by atoms with Gasteiger partial charge in [0.25, 0.3) is 0 Å². The van der Waals surface area contributed by atoms with E-state index in [1.165, 1.54) is 0 Å². The molecule has 1 aliphatic heterocycles. The number of nitrogens with zero attached hydrogens (tertiary/aromatic N) is 3. The molecule has 0 saturated carbocycles. The second-order valence-electron chi connectivity index (χ2n) is 5.33. The lowest BCUT2D eigenvalue weighted by Crippen LogP contribution is -2.44. The first-order valence-corrected chi connectivity index (χ1v) is 8.28. The molecule has 8 heteroatoms. The molecule has 1 N–H and O–H groups in total. The Hall–Kier alpha value is -1.60. The smallest absolute Gasteiger partial charge is 0.225 e. The van der Waals surface area contributed by atoms with Crippen LogP contribution in [0.1, 0.15) is 5.56 Å². The van der Waals surface area contributed by atoms with Gasteiger partial charge in [-0.2, -0.15) is 0 Å². The molecule has 1 atom stereocenters. The van der Waals surface area contributed by atoms with Crippen LogP contribution in [-0.2, 0) is 11.3 Å². The van der Waals surface area contributed by atoms with Crippen molar-refractivity contribution in [2.24, 2.45) is 0 Å². The molecule has 1 aromatic carbocycles. The zero-order valence-electron chi connectivity index (χ0n) is 12.9. The third-order valence-corrected chi connectivity index (χ3v) is 4.39. The summed E-state index contributed by atoms with van der Waals surface area (Å²) in [5.74, 6) is 1.11. The predicted molar refractivity (Wildman–Crippen MR) is 91.9 cm³/mol. The Morgan fingerprint density at radius 2 is 1.96 bits per heavy atom. The second kappa shape index (κ2) is 7.98. The number of hydrogen-bond acceptors (Lipinski definition) is 6. The van der Waals surface area contributed by atoms with Gasteiger partial charge in [0, 0.05) is 28.7 Å². The summed E-state index contributed by atoms with van der Waals surface area (Å²) in [4.78, 5) is 10.6. The normalized spacial score (nSPS) is 17.8. The van der Waals surface area contributed by atoms with Gasteiger partial charge in [0.2, 0.25) is 5.95 Å². The topological polar surface area (TPSA) is 67.7 Å². The summed E-state index contributed by atoms with van der Waals surface area (Å²) in [7, 11) is 0. The van der Waals surface area contributed by atoms with Gasteiger partial charge in [0.05, 0.1) is 31.7 Å². The van der Waals surface area contributed by atoms with Crippen LogP contribution in [0.2, 0.25) is 10.0 Å². The number of halogens is 2. The van der Waals surface area contributed by atoms with Crippen molar-refractivity contribution >= 4 is 29.2 Å². The van der Waals surface area contributed by atoms with E-state index in [1.807, 2.05) is 4.90 Å². The number of morpholine rings is 1. The van der Waals surface area contributed by atoms with Gasteiger partial charge < -0.3 is 19.5 Å². The summed E-state index contributed by atoms with van der Waals surface area (Å²) in [6.45, 7) is 2.01. The molecule has 128 valence electrons. The second-order valence-corrected chi connectivity index (χ2v) is 6.14. The van der Waals surface area contributed by atoms with E-state index in [4.69, 9.17) is 32.7 Å². The van der Waals surface area contributed by atoms with Crippen molar-refractivity contribution < 1.29 is 14.6 Å². The fourth-order valence-corrected chi connectivity index (χ4v) is 2.89. The van der Waals surface area contributed by atoms with Gasteiger partial charge in [0.15, 0.2) is 5.75 Å². The van der Waals surface area contributed by atoms with Gasteiger partial charge in [-0.05, 0) is 12.1 Å². The molecule has 2 aromatic rings. The zero-order chi connectivity index (χ0) is 16.9. The van der Waals surface area contributed by atoms with Crippen molar-refractivity contribution in [2.45, 2.75) is 12.7 Å². The van der Waals surface area contributed by atoms with Crippen molar-refractivity contribution in [1.82, 2.24) is 9.97 Å². The van der Waals surface area contributed by atoms with E-state index in [2.05, 4.69) is 9.97 Å². The van der Waals surface area contributed by atoms with Gasteiger partial charge >= 0.3 is 0 Å². The molecule has 0 unspecified atom stereocenters. The number of rotatable bonds is 5. The molecule has 0 radical (unpaired) electrons. The molecule has 3 rings (SSSR count). The van der Waals surface area contributed by atoms with Crippen LogP contribution < -0.4 is 9.64 Å². The average molecular weight is 370 g/mol. The van der Waals surface area contributed by atoms with E-state index in [9.17, 15) is 5.11 Å². The van der Waals surface area contributed by atoms with Crippen LogP contribution in [0.3, 0.4) is 0 Å². The summed E-state index contributed by atoms with van der Waals surface area (Å²) >= 11 is 12.2. The Balaban J connectivity index is 1.62. The molecule has 6 nitrogen and oxygen atoms in total. The van der Waals surface area contributed by atoms with Crippen molar-refractivity contribution in [3.05, 3.63) is 46.2 Å². The standard InChI is InChI=1S/C16H17Cl2N3O3/c17-14-2-1-3-15(18)13(14)10-24-11-6-19-16(20-7-11)21-4-5-23-12(8-21)9-22/h1-3,6-7,12,22H,4-5,8-10H2/t12-/m1/s1. The van der Waals surface area contributed by atoms with Crippen molar-refractivity contribution in [1.29, 1.82) is 0 Å². The minimum atomic E-state index is -0.208. The lowest BCUT2D eigenvalue weighted by Gasteiger charge is -2.31. The maximum absolute atomic E-state index is 9.19. The molecular formula is C16H17Cl2N3O3. The molecule has 0 bridgehead atoms. The molecule has 0 aliphatic carbocycles. The van der Waals surface area contributed by atoms with Crippen molar-refractivity contribution in [3.8, 4) is 5.75 Å². The van der Waals surface area contributed by atoms with Gasteiger partial charge in [-0.15, -0.1) is 0 Å².